The van der Waals surface area contributed by atoms with Crippen molar-refractivity contribution in [3.63, 3.8) is 0 Å². The molecule has 0 radical (unpaired) electrons. The number of ether oxygens (including phenoxy) is 1. The minimum atomic E-state index is -0.489. The molecule has 0 saturated heterocycles. The zero-order chi connectivity index (χ0) is 12.3. The van der Waals surface area contributed by atoms with Crippen molar-refractivity contribution in [2.24, 2.45) is 0 Å². The lowest BCUT2D eigenvalue weighted by atomic mass is 10.1. The van der Waals surface area contributed by atoms with Gasteiger partial charge < -0.3 is 9.72 Å². The van der Waals surface area contributed by atoms with Gasteiger partial charge in [0, 0.05) is 17.3 Å². The summed E-state index contributed by atoms with van der Waals surface area (Å²) in [5.74, 6) is -0.617. The third kappa shape index (κ3) is 2.25. The maximum absolute atomic E-state index is 12.0. The summed E-state index contributed by atoms with van der Waals surface area (Å²) < 4.78 is 4.55. The zero-order valence-electron chi connectivity index (χ0n) is 9.27. The molecule has 2 rings (SSSR count). The highest BCUT2D eigenvalue weighted by Gasteiger charge is 2.14. The number of hydrogen-bond acceptors (Lipinski definition) is 3. The van der Waals surface area contributed by atoms with E-state index in [2.05, 4.69) is 9.72 Å². The third-order valence-corrected chi connectivity index (χ3v) is 2.39. The van der Waals surface area contributed by atoms with Gasteiger partial charge in [-0.3, -0.25) is 4.79 Å². The molecule has 0 saturated carbocycles. The Morgan fingerprint density at radius 1 is 1.12 bits per heavy atom. The summed E-state index contributed by atoms with van der Waals surface area (Å²) in [4.78, 5) is 25.9. The molecule has 1 aromatic carbocycles. The SMILES string of the molecule is COC(=O)c1cc(C(=O)c2ccccc2)c[nH]1. The second-order valence-corrected chi connectivity index (χ2v) is 3.49. The third-order valence-electron chi connectivity index (χ3n) is 2.39. The van der Waals surface area contributed by atoms with E-state index in [-0.39, 0.29) is 11.5 Å². The molecule has 4 nitrogen and oxygen atoms in total. The van der Waals surface area contributed by atoms with Crippen LogP contribution in [0, 0.1) is 0 Å². The van der Waals surface area contributed by atoms with Crippen molar-refractivity contribution < 1.29 is 14.3 Å². The van der Waals surface area contributed by atoms with Gasteiger partial charge in [0.2, 0.25) is 0 Å². The summed E-state index contributed by atoms with van der Waals surface area (Å²) in [6.45, 7) is 0. The van der Waals surface area contributed by atoms with E-state index in [1.54, 1.807) is 24.3 Å². The Morgan fingerprint density at radius 2 is 1.82 bits per heavy atom. The number of carbonyl (C=O) groups is 2. The summed E-state index contributed by atoms with van der Waals surface area (Å²) in [5.41, 5.74) is 1.30. The standard InChI is InChI=1S/C13H11NO3/c1-17-13(16)11-7-10(8-14-11)12(15)9-5-3-2-4-6-9/h2-8,14H,1H3. The van der Waals surface area contributed by atoms with Gasteiger partial charge in [0.05, 0.1) is 7.11 Å². The van der Waals surface area contributed by atoms with Crippen LogP contribution in [0.15, 0.2) is 42.6 Å². The van der Waals surface area contributed by atoms with Gasteiger partial charge in [0.15, 0.2) is 5.78 Å². The van der Waals surface area contributed by atoms with Crippen molar-refractivity contribution in [3.05, 3.63) is 59.4 Å². The number of methoxy groups -OCH3 is 1. The molecule has 0 fully saturated rings. The second kappa shape index (κ2) is 4.65. The quantitative estimate of drug-likeness (QED) is 0.647. The Kier molecular flexibility index (Phi) is 3.05. The van der Waals surface area contributed by atoms with Gasteiger partial charge in [-0.15, -0.1) is 0 Å². The van der Waals surface area contributed by atoms with E-state index in [1.807, 2.05) is 6.07 Å². The normalized spacial score (nSPS) is 9.94. The lowest BCUT2D eigenvalue weighted by Crippen LogP contribution is -2.01. The van der Waals surface area contributed by atoms with Gasteiger partial charge >= 0.3 is 5.97 Å². The highest BCUT2D eigenvalue weighted by atomic mass is 16.5. The van der Waals surface area contributed by atoms with Crippen molar-refractivity contribution in [3.8, 4) is 0 Å². The Balaban J connectivity index is 2.27. The molecule has 0 aliphatic rings. The summed E-state index contributed by atoms with van der Waals surface area (Å²) in [5, 5.41) is 0. The van der Waals surface area contributed by atoms with Crippen molar-refractivity contribution in [1.29, 1.82) is 0 Å². The van der Waals surface area contributed by atoms with E-state index >= 15 is 0 Å². The maximum atomic E-state index is 12.0. The average molecular weight is 229 g/mol. The van der Waals surface area contributed by atoms with E-state index in [0.29, 0.717) is 11.1 Å². The molecule has 4 heteroatoms. The Morgan fingerprint density at radius 3 is 2.47 bits per heavy atom. The predicted molar refractivity (Wildman–Crippen MR) is 62.0 cm³/mol. The topological polar surface area (TPSA) is 59.2 Å². The number of nitrogens with one attached hydrogen (secondary N) is 1. The van der Waals surface area contributed by atoms with Crippen LogP contribution in [0.4, 0.5) is 0 Å². The van der Waals surface area contributed by atoms with Gasteiger partial charge in [0.25, 0.3) is 0 Å². The average Bonchev–Trinajstić information content (AvgIpc) is 2.87. The Bertz CT molecular complexity index is 543. The molecule has 1 heterocycles. The zero-order valence-corrected chi connectivity index (χ0v) is 9.27. The molecule has 0 aliphatic heterocycles. The van der Waals surface area contributed by atoms with Crippen LogP contribution in [0.25, 0.3) is 0 Å². The van der Waals surface area contributed by atoms with E-state index < -0.39 is 5.97 Å². The molecule has 2 aromatic rings. The first-order chi connectivity index (χ1) is 8.22. The highest BCUT2D eigenvalue weighted by molar-refractivity contribution is 6.09. The first kappa shape index (κ1) is 11.1. The van der Waals surface area contributed by atoms with Gasteiger partial charge in [-0.05, 0) is 6.07 Å². The van der Waals surface area contributed by atoms with Crippen molar-refractivity contribution in [2.75, 3.05) is 7.11 Å². The molecular formula is C13H11NO3. The fourth-order valence-electron chi connectivity index (χ4n) is 1.51. The van der Waals surface area contributed by atoms with Crippen LogP contribution in [0.1, 0.15) is 26.4 Å². The van der Waals surface area contributed by atoms with E-state index in [9.17, 15) is 9.59 Å². The largest absolute Gasteiger partial charge is 0.464 e. The molecule has 0 amide bonds. The van der Waals surface area contributed by atoms with Gasteiger partial charge in [-0.1, -0.05) is 30.3 Å². The van der Waals surface area contributed by atoms with Crippen LogP contribution in [-0.2, 0) is 4.74 Å². The number of carbonyl (C=O) groups excluding carboxylic acids is 2. The molecule has 86 valence electrons. The Labute approximate surface area is 98.2 Å². The molecule has 1 aromatic heterocycles. The maximum Gasteiger partial charge on any atom is 0.354 e. The number of hydrogen-bond donors (Lipinski definition) is 1. The summed E-state index contributed by atoms with van der Waals surface area (Å²) in [6.07, 6.45) is 1.50. The lowest BCUT2D eigenvalue weighted by molar-refractivity contribution is 0.0595. The predicted octanol–water partition coefficient (Wildman–Crippen LogP) is 2.03. The van der Waals surface area contributed by atoms with Gasteiger partial charge in [0.1, 0.15) is 5.69 Å². The molecule has 0 spiro atoms. The summed E-state index contributed by atoms with van der Waals surface area (Å²) >= 11 is 0. The van der Waals surface area contributed by atoms with E-state index in [4.69, 9.17) is 0 Å². The van der Waals surface area contributed by atoms with Crippen LogP contribution in [0.5, 0.6) is 0 Å². The number of rotatable bonds is 3. The number of ketones is 1. The first-order valence-electron chi connectivity index (χ1n) is 5.09. The lowest BCUT2D eigenvalue weighted by Gasteiger charge is -1.96. The second-order valence-electron chi connectivity index (χ2n) is 3.49. The fraction of sp³-hybridized carbons (Fsp3) is 0.0769. The number of esters is 1. The number of H-pyrrole nitrogens is 1. The summed E-state index contributed by atoms with van der Waals surface area (Å²) in [6, 6.07) is 10.4. The van der Waals surface area contributed by atoms with Crippen LogP contribution in [-0.4, -0.2) is 23.8 Å². The van der Waals surface area contributed by atoms with Crippen molar-refractivity contribution in [2.45, 2.75) is 0 Å². The number of aromatic nitrogens is 1. The highest BCUT2D eigenvalue weighted by Crippen LogP contribution is 2.11. The van der Waals surface area contributed by atoms with Crippen LogP contribution >= 0.6 is 0 Å². The molecule has 0 bridgehead atoms. The Hall–Kier alpha value is -2.36. The number of benzene rings is 1. The minimum absolute atomic E-state index is 0.128. The molecule has 1 N–H and O–H groups in total. The van der Waals surface area contributed by atoms with Crippen LogP contribution in [0.2, 0.25) is 0 Å². The molecule has 0 unspecified atom stereocenters. The molecular weight excluding hydrogens is 218 g/mol. The first-order valence-corrected chi connectivity index (χ1v) is 5.09. The van der Waals surface area contributed by atoms with Gasteiger partial charge in [-0.2, -0.15) is 0 Å². The minimum Gasteiger partial charge on any atom is -0.464 e. The number of aromatic amines is 1. The molecule has 0 atom stereocenters. The van der Waals surface area contributed by atoms with E-state index in [1.165, 1.54) is 19.4 Å². The van der Waals surface area contributed by atoms with Crippen LogP contribution < -0.4 is 0 Å². The van der Waals surface area contributed by atoms with Gasteiger partial charge in [-0.25, -0.2) is 4.79 Å². The van der Waals surface area contributed by atoms with Crippen LogP contribution in [0.3, 0.4) is 0 Å². The summed E-state index contributed by atoms with van der Waals surface area (Å²) in [7, 11) is 1.29. The molecule has 17 heavy (non-hydrogen) atoms. The van der Waals surface area contributed by atoms with E-state index in [0.717, 1.165) is 0 Å². The monoisotopic (exact) mass is 229 g/mol. The van der Waals surface area contributed by atoms with Crippen molar-refractivity contribution in [1.82, 2.24) is 4.98 Å². The van der Waals surface area contributed by atoms with Crippen molar-refractivity contribution >= 4 is 11.8 Å². The molecule has 0 aliphatic carbocycles. The fourth-order valence-corrected chi connectivity index (χ4v) is 1.51. The smallest absolute Gasteiger partial charge is 0.354 e.